The summed E-state index contributed by atoms with van der Waals surface area (Å²) in [6.07, 6.45) is 0. The Morgan fingerprint density at radius 2 is 2.09 bits per heavy atom. The minimum atomic E-state index is -0.272. The van der Waals surface area contributed by atoms with E-state index < -0.39 is 0 Å². The van der Waals surface area contributed by atoms with E-state index in [0.29, 0.717) is 22.5 Å². The molecule has 3 aromatic rings. The molecule has 1 aromatic carbocycles. The van der Waals surface area contributed by atoms with E-state index in [9.17, 15) is 4.79 Å². The summed E-state index contributed by atoms with van der Waals surface area (Å²) in [5, 5.41) is 11.2. The summed E-state index contributed by atoms with van der Waals surface area (Å²) < 4.78 is 5.78. The molecule has 0 saturated carbocycles. The first kappa shape index (κ1) is 15.5. The second kappa shape index (κ2) is 6.80. The highest BCUT2D eigenvalue weighted by molar-refractivity contribution is 7.13. The molecule has 0 unspecified atom stereocenters. The molecule has 8 heteroatoms. The van der Waals surface area contributed by atoms with Gasteiger partial charge in [-0.3, -0.25) is 5.32 Å². The van der Waals surface area contributed by atoms with E-state index in [-0.39, 0.29) is 6.03 Å². The fourth-order valence-corrected chi connectivity index (χ4v) is 2.51. The molecule has 118 valence electrons. The van der Waals surface area contributed by atoms with Gasteiger partial charge in [0, 0.05) is 17.6 Å². The molecule has 23 heavy (non-hydrogen) atoms. The second-order valence-electron chi connectivity index (χ2n) is 4.80. The number of nitrogens with zero attached hydrogens (tertiary/aromatic N) is 3. The maximum Gasteiger partial charge on any atom is 0.323 e. The summed E-state index contributed by atoms with van der Waals surface area (Å²) in [6, 6.07) is 10.8. The molecule has 1 N–H and O–H groups in total. The smallest absolute Gasteiger partial charge is 0.323 e. The molecular formula is C15H13ClN4O2S. The number of carbonyl (C=O) groups excluding carboxylic acids is 1. The molecule has 0 spiro atoms. The summed E-state index contributed by atoms with van der Waals surface area (Å²) in [5.74, 6) is 1.42. The van der Waals surface area contributed by atoms with Gasteiger partial charge < -0.3 is 9.32 Å². The lowest BCUT2D eigenvalue weighted by Gasteiger charge is -2.15. The van der Waals surface area contributed by atoms with E-state index in [2.05, 4.69) is 15.5 Å². The Morgan fingerprint density at radius 3 is 2.78 bits per heavy atom. The third-order valence-corrected chi connectivity index (χ3v) is 3.96. The van der Waals surface area contributed by atoms with Crippen LogP contribution in [0, 0.1) is 0 Å². The Morgan fingerprint density at radius 1 is 1.30 bits per heavy atom. The van der Waals surface area contributed by atoms with E-state index in [1.165, 1.54) is 16.2 Å². The maximum absolute atomic E-state index is 12.0. The third kappa shape index (κ3) is 3.88. The van der Waals surface area contributed by atoms with Crippen LogP contribution in [-0.2, 0) is 6.54 Å². The Hall–Kier alpha value is -2.38. The number of rotatable bonds is 4. The lowest BCUT2D eigenvalue weighted by molar-refractivity contribution is 0.217. The zero-order valence-corrected chi connectivity index (χ0v) is 13.8. The van der Waals surface area contributed by atoms with E-state index in [0.717, 1.165) is 11.3 Å². The SMILES string of the molecule is CN(Cc1ccc(-c2ccc(Cl)cc2)o1)C(=O)Nc1nncs1. The van der Waals surface area contributed by atoms with Crippen molar-refractivity contribution < 1.29 is 9.21 Å². The van der Waals surface area contributed by atoms with Gasteiger partial charge in [0.25, 0.3) is 0 Å². The Labute approximate surface area is 141 Å². The van der Waals surface area contributed by atoms with Gasteiger partial charge in [0.05, 0.1) is 6.54 Å². The van der Waals surface area contributed by atoms with Gasteiger partial charge >= 0.3 is 6.03 Å². The first-order valence-corrected chi connectivity index (χ1v) is 8.00. The Kier molecular flexibility index (Phi) is 4.59. The number of benzene rings is 1. The normalized spacial score (nSPS) is 10.5. The summed E-state index contributed by atoms with van der Waals surface area (Å²) in [7, 11) is 1.68. The summed E-state index contributed by atoms with van der Waals surface area (Å²) in [4.78, 5) is 13.5. The molecule has 0 aliphatic carbocycles. The number of carbonyl (C=O) groups is 1. The van der Waals surface area contributed by atoms with Crippen molar-refractivity contribution in [3.8, 4) is 11.3 Å². The molecule has 2 heterocycles. The number of furan rings is 1. The highest BCUT2D eigenvalue weighted by Gasteiger charge is 2.13. The fraction of sp³-hybridized carbons (Fsp3) is 0.133. The van der Waals surface area contributed by atoms with Crippen molar-refractivity contribution in [1.29, 1.82) is 0 Å². The summed E-state index contributed by atoms with van der Waals surface area (Å²) in [5.41, 5.74) is 2.49. The third-order valence-electron chi connectivity index (χ3n) is 3.10. The van der Waals surface area contributed by atoms with Crippen molar-refractivity contribution in [2.75, 3.05) is 12.4 Å². The molecule has 3 rings (SSSR count). The van der Waals surface area contributed by atoms with Crippen molar-refractivity contribution in [1.82, 2.24) is 15.1 Å². The van der Waals surface area contributed by atoms with Crippen molar-refractivity contribution in [2.45, 2.75) is 6.54 Å². The first-order chi connectivity index (χ1) is 11.1. The molecule has 0 aliphatic rings. The molecule has 0 fully saturated rings. The predicted octanol–water partition coefficient (Wildman–Crippen LogP) is 4.12. The minimum Gasteiger partial charge on any atom is -0.459 e. The molecule has 0 atom stereocenters. The van der Waals surface area contributed by atoms with E-state index in [1.54, 1.807) is 24.7 Å². The number of halogens is 1. The molecule has 0 saturated heterocycles. The molecule has 2 aromatic heterocycles. The van der Waals surface area contributed by atoms with Crippen LogP contribution < -0.4 is 5.32 Å². The number of nitrogens with one attached hydrogen (secondary N) is 1. The van der Waals surface area contributed by atoms with Crippen LogP contribution in [0.25, 0.3) is 11.3 Å². The molecule has 0 radical (unpaired) electrons. The highest BCUT2D eigenvalue weighted by atomic mass is 35.5. The second-order valence-corrected chi connectivity index (χ2v) is 6.07. The summed E-state index contributed by atoms with van der Waals surface area (Å²) in [6.45, 7) is 0.345. The average molecular weight is 349 g/mol. The number of urea groups is 1. The average Bonchev–Trinajstić information content (AvgIpc) is 3.20. The van der Waals surface area contributed by atoms with Crippen molar-refractivity contribution in [3.05, 3.63) is 52.7 Å². The highest BCUT2D eigenvalue weighted by Crippen LogP contribution is 2.24. The predicted molar refractivity (Wildman–Crippen MR) is 89.5 cm³/mol. The monoisotopic (exact) mass is 348 g/mol. The van der Waals surface area contributed by atoms with Gasteiger partial charge in [-0.15, -0.1) is 10.2 Å². The van der Waals surface area contributed by atoms with Crippen LogP contribution in [0.1, 0.15) is 5.76 Å². The number of amides is 2. The quantitative estimate of drug-likeness (QED) is 0.770. The van der Waals surface area contributed by atoms with Crippen molar-refractivity contribution in [2.24, 2.45) is 0 Å². The topological polar surface area (TPSA) is 71.3 Å². The van der Waals surface area contributed by atoms with Crippen LogP contribution >= 0.6 is 22.9 Å². The van der Waals surface area contributed by atoms with Crippen LogP contribution in [0.5, 0.6) is 0 Å². The van der Waals surface area contributed by atoms with Gasteiger partial charge in [-0.05, 0) is 36.4 Å². The fourth-order valence-electron chi connectivity index (χ4n) is 1.95. The molecule has 0 bridgehead atoms. The van der Waals surface area contributed by atoms with Crippen LogP contribution in [0.3, 0.4) is 0 Å². The van der Waals surface area contributed by atoms with Crippen LogP contribution in [0.15, 0.2) is 46.3 Å². The largest absolute Gasteiger partial charge is 0.459 e. The maximum atomic E-state index is 12.0. The molecule has 0 aliphatic heterocycles. The van der Waals surface area contributed by atoms with Crippen molar-refractivity contribution in [3.63, 3.8) is 0 Å². The number of hydrogen-bond acceptors (Lipinski definition) is 5. The van der Waals surface area contributed by atoms with Crippen LogP contribution in [-0.4, -0.2) is 28.2 Å². The standard InChI is InChI=1S/C15H13ClN4O2S/c1-20(15(21)18-14-19-17-9-23-14)8-12-6-7-13(22-12)10-2-4-11(16)5-3-10/h2-7,9H,8H2,1H3,(H,18,19,21). The van der Waals surface area contributed by atoms with E-state index in [1.807, 2.05) is 24.3 Å². The van der Waals surface area contributed by atoms with Gasteiger partial charge in [0.1, 0.15) is 17.0 Å². The van der Waals surface area contributed by atoms with Gasteiger partial charge in [-0.25, -0.2) is 4.79 Å². The molecule has 2 amide bonds. The van der Waals surface area contributed by atoms with Crippen LogP contribution in [0.2, 0.25) is 5.02 Å². The zero-order chi connectivity index (χ0) is 16.2. The van der Waals surface area contributed by atoms with E-state index >= 15 is 0 Å². The zero-order valence-electron chi connectivity index (χ0n) is 12.2. The minimum absolute atomic E-state index is 0.272. The Bertz CT molecular complexity index is 786. The van der Waals surface area contributed by atoms with Crippen LogP contribution in [0.4, 0.5) is 9.93 Å². The van der Waals surface area contributed by atoms with E-state index in [4.69, 9.17) is 16.0 Å². The Balaban J connectivity index is 1.64. The van der Waals surface area contributed by atoms with Gasteiger partial charge in [0.2, 0.25) is 5.13 Å². The lowest BCUT2D eigenvalue weighted by atomic mass is 10.2. The lowest BCUT2D eigenvalue weighted by Crippen LogP contribution is -2.30. The molecular weight excluding hydrogens is 336 g/mol. The number of hydrogen-bond donors (Lipinski definition) is 1. The number of aromatic nitrogens is 2. The van der Waals surface area contributed by atoms with Gasteiger partial charge in [0.15, 0.2) is 0 Å². The van der Waals surface area contributed by atoms with Gasteiger partial charge in [-0.2, -0.15) is 0 Å². The first-order valence-electron chi connectivity index (χ1n) is 6.75. The van der Waals surface area contributed by atoms with Crippen molar-refractivity contribution >= 4 is 34.1 Å². The molecule has 6 nitrogen and oxygen atoms in total. The van der Waals surface area contributed by atoms with Gasteiger partial charge in [-0.1, -0.05) is 22.9 Å². The number of anilines is 1. The summed E-state index contributed by atoms with van der Waals surface area (Å²) >= 11 is 7.14.